The average Bonchev–Trinajstić information content (AvgIpc) is 2.87. The van der Waals surface area contributed by atoms with E-state index in [1.165, 1.54) is 28.4 Å². The average molecular weight is 306 g/mol. The van der Waals surface area contributed by atoms with Crippen molar-refractivity contribution in [2.45, 2.75) is 58.4 Å². The lowest BCUT2D eigenvalue weighted by molar-refractivity contribution is 0.437. The van der Waals surface area contributed by atoms with E-state index >= 15 is 0 Å². The maximum atomic E-state index is 12.6. The first-order valence-corrected chi connectivity index (χ1v) is 8.11. The second-order valence-corrected chi connectivity index (χ2v) is 6.10. The lowest BCUT2D eigenvalue weighted by atomic mass is 10.1. The number of rotatable bonds is 7. The van der Waals surface area contributed by atoms with Crippen molar-refractivity contribution >= 4 is 11.2 Å². The van der Waals surface area contributed by atoms with Crippen molar-refractivity contribution in [3.05, 3.63) is 27.2 Å². The van der Waals surface area contributed by atoms with Crippen LogP contribution in [0.1, 0.15) is 58.4 Å². The van der Waals surface area contributed by atoms with Crippen molar-refractivity contribution in [3.8, 4) is 0 Å². The molecule has 1 atom stereocenters. The Labute approximate surface area is 130 Å². The number of imidazole rings is 1. The van der Waals surface area contributed by atoms with E-state index in [0.29, 0.717) is 11.2 Å². The Balaban J connectivity index is 2.29. The number of hydrogen-bond donors (Lipinski definition) is 0. The summed E-state index contributed by atoms with van der Waals surface area (Å²) < 4.78 is 4.52. The zero-order valence-corrected chi connectivity index (χ0v) is 14.0. The second-order valence-electron chi connectivity index (χ2n) is 6.10. The molecule has 0 aromatic carbocycles. The molecule has 0 N–H and O–H groups in total. The predicted molar refractivity (Wildman–Crippen MR) is 88.3 cm³/mol. The minimum Gasteiger partial charge on any atom is -0.328 e. The van der Waals surface area contributed by atoms with E-state index in [2.05, 4.69) is 11.9 Å². The lowest BCUT2D eigenvalue weighted by Gasteiger charge is -2.15. The first-order chi connectivity index (χ1) is 10.5. The van der Waals surface area contributed by atoms with Crippen LogP contribution in [0.4, 0.5) is 0 Å². The maximum Gasteiger partial charge on any atom is 0.332 e. The van der Waals surface area contributed by atoms with Gasteiger partial charge in [-0.15, -0.1) is 0 Å². The van der Waals surface area contributed by atoms with Gasteiger partial charge in [0.1, 0.15) is 0 Å². The predicted octanol–water partition coefficient (Wildman–Crippen LogP) is 2.36. The van der Waals surface area contributed by atoms with Gasteiger partial charge in [-0.3, -0.25) is 13.9 Å². The van der Waals surface area contributed by atoms with Gasteiger partial charge in [0.15, 0.2) is 11.2 Å². The van der Waals surface area contributed by atoms with Crippen LogP contribution in [0.3, 0.4) is 0 Å². The van der Waals surface area contributed by atoms with Gasteiger partial charge in [-0.25, -0.2) is 9.78 Å². The molecule has 0 aliphatic heterocycles. The number of unbranched alkanes of at least 4 members (excludes halogenated alkanes) is 4. The van der Waals surface area contributed by atoms with E-state index in [4.69, 9.17) is 0 Å². The van der Waals surface area contributed by atoms with Crippen molar-refractivity contribution in [2.24, 2.45) is 14.1 Å². The molecule has 6 nitrogen and oxygen atoms in total. The highest BCUT2D eigenvalue weighted by atomic mass is 16.2. The number of aryl methyl sites for hydroxylation is 2. The van der Waals surface area contributed by atoms with Gasteiger partial charge in [0.05, 0.1) is 6.33 Å². The van der Waals surface area contributed by atoms with Crippen molar-refractivity contribution < 1.29 is 0 Å². The Morgan fingerprint density at radius 2 is 1.82 bits per heavy atom. The third-order valence-electron chi connectivity index (χ3n) is 4.32. The summed E-state index contributed by atoms with van der Waals surface area (Å²) in [6.45, 7) is 4.14. The molecule has 2 aromatic rings. The Kier molecular flexibility index (Phi) is 5.21. The summed E-state index contributed by atoms with van der Waals surface area (Å²) in [4.78, 5) is 29.3. The number of hydrogen-bond acceptors (Lipinski definition) is 3. The lowest BCUT2D eigenvalue weighted by Crippen LogP contribution is -2.41. The van der Waals surface area contributed by atoms with Crippen LogP contribution in [0.5, 0.6) is 0 Å². The molecule has 0 aliphatic rings. The van der Waals surface area contributed by atoms with Crippen LogP contribution in [0, 0.1) is 0 Å². The van der Waals surface area contributed by atoms with Crippen molar-refractivity contribution in [1.29, 1.82) is 0 Å². The molecule has 0 saturated carbocycles. The van der Waals surface area contributed by atoms with Gasteiger partial charge in [-0.2, -0.15) is 0 Å². The third-order valence-corrected chi connectivity index (χ3v) is 4.32. The van der Waals surface area contributed by atoms with E-state index in [0.717, 1.165) is 19.3 Å². The number of nitrogens with zero attached hydrogens (tertiary/aromatic N) is 4. The maximum absolute atomic E-state index is 12.6. The molecule has 0 bridgehead atoms. The Hall–Kier alpha value is -1.85. The highest BCUT2D eigenvalue weighted by Crippen LogP contribution is 2.14. The molecule has 2 heterocycles. The van der Waals surface area contributed by atoms with Crippen molar-refractivity contribution in [1.82, 2.24) is 18.7 Å². The van der Waals surface area contributed by atoms with Gasteiger partial charge in [-0.05, 0) is 13.3 Å². The van der Waals surface area contributed by atoms with E-state index in [1.54, 1.807) is 25.0 Å². The summed E-state index contributed by atoms with van der Waals surface area (Å²) >= 11 is 0. The minimum absolute atomic E-state index is 0.0906. The molecule has 0 amide bonds. The van der Waals surface area contributed by atoms with Crippen LogP contribution in [0.15, 0.2) is 15.9 Å². The van der Waals surface area contributed by atoms with Crippen molar-refractivity contribution in [2.75, 3.05) is 0 Å². The number of fused-ring (bicyclic) bond motifs is 1. The number of aromatic nitrogens is 4. The molecule has 0 fully saturated rings. The fourth-order valence-corrected chi connectivity index (χ4v) is 2.92. The zero-order chi connectivity index (χ0) is 16.3. The molecule has 0 saturated heterocycles. The highest BCUT2D eigenvalue weighted by Gasteiger charge is 2.18. The molecular formula is C16H26N4O2. The summed E-state index contributed by atoms with van der Waals surface area (Å²) in [6, 6.07) is -0.0906. The molecule has 0 spiro atoms. The van der Waals surface area contributed by atoms with Gasteiger partial charge in [0.2, 0.25) is 0 Å². The van der Waals surface area contributed by atoms with Crippen LogP contribution in [-0.2, 0) is 14.1 Å². The van der Waals surface area contributed by atoms with Crippen molar-refractivity contribution in [3.63, 3.8) is 0 Å². The molecule has 22 heavy (non-hydrogen) atoms. The normalized spacial score (nSPS) is 12.9. The van der Waals surface area contributed by atoms with Gasteiger partial charge in [0, 0.05) is 20.1 Å². The third kappa shape index (κ3) is 3.00. The monoisotopic (exact) mass is 306 g/mol. The molecule has 122 valence electrons. The second kappa shape index (κ2) is 6.94. The van der Waals surface area contributed by atoms with Crippen LogP contribution in [0.25, 0.3) is 11.2 Å². The molecule has 2 aromatic heterocycles. The summed E-state index contributed by atoms with van der Waals surface area (Å²) in [5, 5.41) is 0. The molecule has 2 rings (SSSR count). The van der Waals surface area contributed by atoms with Crippen LogP contribution in [0.2, 0.25) is 0 Å². The van der Waals surface area contributed by atoms with Gasteiger partial charge in [0.25, 0.3) is 5.56 Å². The Morgan fingerprint density at radius 1 is 1.14 bits per heavy atom. The van der Waals surface area contributed by atoms with E-state index in [9.17, 15) is 9.59 Å². The van der Waals surface area contributed by atoms with E-state index in [-0.39, 0.29) is 17.3 Å². The Morgan fingerprint density at radius 3 is 2.50 bits per heavy atom. The van der Waals surface area contributed by atoms with E-state index in [1.807, 2.05) is 6.92 Å². The first kappa shape index (κ1) is 16.5. The van der Waals surface area contributed by atoms with E-state index < -0.39 is 0 Å². The van der Waals surface area contributed by atoms with Crippen LogP contribution in [-0.4, -0.2) is 18.7 Å². The first-order valence-electron chi connectivity index (χ1n) is 8.11. The van der Waals surface area contributed by atoms with Gasteiger partial charge in [-0.1, -0.05) is 39.0 Å². The highest BCUT2D eigenvalue weighted by molar-refractivity contribution is 5.69. The van der Waals surface area contributed by atoms with Crippen LogP contribution < -0.4 is 11.2 Å². The largest absolute Gasteiger partial charge is 0.332 e. The smallest absolute Gasteiger partial charge is 0.328 e. The summed E-state index contributed by atoms with van der Waals surface area (Å²) in [6.07, 6.45) is 8.30. The topological polar surface area (TPSA) is 61.8 Å². The van der Waals surface area contributed by atoms with Gasteiger partial charge >= 0.3 is 5.69 Å². The molecule has 0 radical (unpaired) electrons. The molecule has 0 aliphatic carbocycles. The fraction of sp³-hybridized carbons (Fsp3) is 0.688. The molecular weight excluding hydrogens is 280 g/mol. The fourth-order valence-electron chi connectivity index (χ4n) is 2.92. The SMILES string of the molecule is CCCCCCCC(C)n1c(=O)c2c(ncn2C)n(C)c1=O. The molecule has 6 heteroatoms. The zero-order valence-electron chi connectivity index (χ0n) is 14.0. The minimum atomic E-state index is -0.280. The summed E-state index contributed by atoms with van der Waals surface area (Å²) in [7, 11) is 3.45. The van der Waals surface area contributed by atoms with Crippen LogP contribution >= 0.6 is 0 Å². The standard InChI is InChI=1S/C16H26N4O2/c1-5-6-7-8-9-10-12(2)20-15(21)13-14(17-11-18(13)3)19(4)16(20)22/h11-12H,5-10H2,1-4H3. The van der Waals surface area contributed by atoms with Gasteiger partial charge < -0.3 is 4.57 Å². The quantitative estimate of drug-likeness (QED) is 0.738. The summed E-state index contributed by atoms with van der Waals surface area (Å²) in [5.74, 6) is 0. The molecule has 1 unspecified atom stereocenters. The summed E-state index contributed by atoms with van der Waals surface area (Å²) in [5.41, 5.74) is 0.417. The Bertz CT molecular complexity index is 754.